The first-order valence-electron chi connectivity index (χ1n) is 10.7. The van der Waals surface area contributed by atoms with E-state index in [4.69, 9.17) is 4.74 Å². The number of nitriles is 1. The van der Waals surface area contributed by atoms with Crippen molar-refractivity contribution in [3.05, 3.63) is 83.9 Å². The van der Waals surface area contributed by atoms with Crippen molar-refractivity contribution in [3.8, 4) is 6.07 Å². The standard InChI is InChI=1S/C27H26N2O3/c1-26(2,3)32-25(31)27(17-28)23(21-14-13-18-9-7-8-12-20(18)15-21)22(16-30)24(29-27)19-10-5-4-6-11-19/h4-16,22-24,29H,1-3H3/t22-,23-,24-,27-/m1/s1. The average molecular weight is 427 g/mol. The second kappa shape index (κ2) is 8.22. The number of carbonyl (C=O) groups is 2. The van der Waals surface area contributed by atoms with Gasteiger partial charge in [0.1, 0.15) is 11.9 Å². The van der Waals surface area contributed by atoms with Crippen molar-refractivity contribution in [3.63, 3.8) is 0 Å². The van der Waals surface area contributed by atoms with Crippen molar-refractivity contribution in [2.45, 2.75) is 43.9 Å². The normalized spacial score (nSPS) is 25.2. The summed E-state index contributed by atoms with van der Waals surface area (Å²) in [6.45, 7) is 5.30. The molecule has 0 saturated carbocycles. The van der Waals surface area contributed by atoms with Crippen LogP contribution in [0.15, 0.2) is 72.8 Å². The van der Waals surface area contributed by atoms with Crippen molar-refractivity contribution in [2.24, 2.45) is 5.92 Å². The summed E-state index contributed by atoms with van der Waals surface area (Å²) in [7, 11) is 0. The Labute approximate surface area is 188 Å². The quantitative estimate of drug-likeness (QED) is 0.484. The molecule has 5 nitrogen and oxygen atoms in total. The van der Waals surface area contributed by atoms with Crippen LogP contribution in [-0.4, -0.2) is 23.4 Å². The zero-order valence-electron chi connectivity index (χ0n) is 18.4. The number of esters is 1. The molecule has 162 valence electrons. The molecule has 0 unspecified atom stereocenters. The first kappa shape index (κ1) is 21.7. The number of ether oxygens (including phenoxy) is 1. The third-order valence-electron chi connectivity index (χ3n) is 5.97. The fourth-order valence-corrected chi connectivity index (χ4v) is 4.60. The van der Waals surface area contributed by atoms with E-state index in [1.54, 1.807) is 20.8 Å². The number of hydrogen-bond donors (Lipinski definition) is 1. The smallest absolute Gasteiger partial charge is 0.342 e. The molecule has 1 fully saturated rings. The molecular weight excluding hydrogens is 400 g/mol. The number of aldehydes is 1. The van der Waals surface area contributed by atoms with Crippen LogP contribution in [0.1, 0.15) is 43.9 Å². The maximum atomic E-state index is 13.5. The highest BCUT2D eigenvalue weighted by Crippen LogP contribution is 2.49. The predicted octanol–water partition coefficient (Wildman–Crippen LogP) is 4.69. The van der Waals surface area contributed by atoms with Crippen molar-refractivity contribution in [1.29, 1.82) is 5.26 Å². The molecule has 0 aromatic heterocycles. The molecule has 0 spiro atoms. The van der Waals surface area contributed by atoms with Gasteiger partial charge < -0.3 is 9.53 Å². The summed E-state index contributed by atoms with van der Waals surface area (Å²) in [4.78, 5) is 25.9. The van der Waals surface area contributed by atoms with Gasteiger partial charge in [0.25, 0.3) is 0 Å². The molecule has 1 aliphatic heterocycles. The number of rotatable bonds is 4. The molecule has 3 aromatic rings. The van der Waals surface area contributed by atoms with Gasteiger partial charge in [0.15, 0.2) is 0 Å². The highest BCUT2D eigenvalue weighted by molar-refractivity contribution is 5.90. The van der Waals surface area contributed by atoms with Crippen molar-refractivity contribution >= 4 is 23.0 Å². The lowest BCUT2D eigenvalue weighted by atomic mass is 9.74. The monoisotopic (exact) mass is 426 g/mol. The van der Waals surface area contributed by atoms with E-state index in [-0.39, 0.29) is 0 Å². The second-order valence-electron chi connectivity index (χ2n) is 9.25. The van der Waals surface area contributed by atoms with E-state index in [1.807, 2.05) is 72.8 Å². The van der Waals surface area contributed by atoms with Gasteiger partial charge in [-0.1, -0.05) is 72.8 Å². The van der Waals surface area contributed by atoms with Crippen LogP contribution in [0.2, 0.25) is 0 Å². The summed E-state index contributed by atoms with van der Waals surface area (Å²) in [6.07, 6.45) is 0.855. The van der Waals surface area contributed by atoms with Crippen molar-refractivity contribution in [2.75, 3.05) is 0 Å². The maximum Gasteiger partial charge on any atom is 0.342 e. The maximum absolute atomic E-state index is 13.5. The van der Waals surface area contributed by atoms with E-state index in [0.717, 1.165) is 28.2 Å². The number of fused-ring (bicyclic) bond motifs is 1. The van der Waals surface area contributed by atoms with Crippen LogP contribution in [0.4, 0.5) is 0 Å². The number of nitrogens with zero attached hydrogens (tertiary/aromatic N) is 1. The van der Waals surface area contributed by atoms with Crippen LogP contribution in [-0.2, 0) is 14.3 Å². The second-order valence-corrected chi connectivity index (χ2v) is 9.25. The van der Waals surface area contributed by atoms with Crippen molar-refractivity contribution in [1.82, 2.24) is 5.32 Å². The van der Waals surface area contributed by atoms with Crippen LogP contribution in [0.5, 0.6) is 0 Å². The lowest BCUT2D eigenvalue weighted by molar-refractivity contribution is -0.160. The average Bonchev–Trinajstić information content (AvgIpc) is 3.14. The molecule has 0 amide bonds. The Bertz CT molecular complexity index is 1190. The molecule has 4 atom stereocenters. The number of nitrogens with one attached hydrogen (secondary N) is 1. The van der Waals surface area contributed by atoms with E-state index in [9.17, 15) is 14.9 Å². The third kappa shape index (κ3) is 3.79. The zero-order valence-corrected chi connectivity index (χ0v) is 18.4. The minimum atomic E-state index is -1.71. The van der Waals surface area contributed by atoms with Crippen LogP contribution >= 0.6 is 0 Å². The van der Waals surface area contributed by atoms with Crippen molar-refractivity contribution < 1.29 is 14.3 Å². The van der Waals surface area contributed by atoms with Gasteiger partial charge in [-0.15, -0.1) is 0 Å². The highest BCUT2D eigenvalue weighted by Gasteiger charge is 2.60. The SMILES string of the molecule is CC(C)(C)OC(=O)[C@]1(C#N)N[C@H](c2ccccc2)[C@H](C=O)[C@H]1c1ccc2ccccc2c1. The van der Waals surface area contributed by atoms with E-state index in [2.05, 4.69) is 11.4 Å². The van der Waals surface area contributed by atoms with E-state index < -0.39 is 35.0 Å². The summed E-state index contributed by atoms with van der Waals surface area (Å²) >= 11 is 0. The van der Waals surface area contributed by atoms with Crippen LogP contribution in [0.3, 0.4) is 0 Å². The Morgan fingerprint density at radius 2 is 1.66 bits per heavy atom. The minimum absolute atomic E-state index is 0.502. The molecule has 32 heavy (non-hydrogen) atoms. The molecule has 3 aromatic carbocycles. The Morgan fingerprint density at radius 3 is 2.28 bits per heavy atom. The molecule has 1 heterocycles. The Balaban J connectivity index is 1.90. The fraction of sp³-hybridized carbons (Fsp3) is 0.296. The van der Waals surface area contributed by atoms with Gasteiger partial charge in [0.2, 0.25) is 5.54 Å². The fourth-order valence-electron chi connectivity index (χ4n) is 4.60. The Morgan fingerprint density at radius 1 is 1.00 bits per heavy atom. The lowest BCUT2D eigenvalue weighted by Crippen LogP contribution is -2.53. The van der Waals surface area contributed by atoms with Crippen LogP contribution in [0.25, 0.3) is 10.8 Å². The highest BCUT2D eigenvalue weighted by atomic mass is 16.6. The molecule has 4 rings (SSSR count). The summed E-state index contributed by atoms with van der Waals surface area (Å²) < 4.78 is 5.69. The minimum Gasteiger partial charge on any atom is -0.458 e. The molecule has 0 aliphatic carbocycles. The van der Waals surface area contributed by atoms with Gasteiger partial charge in [0.05, 0.1) is 6.07 Å². The van der Waals surface area contributed by atoms with E-state index >= 15 is 0 Å². The van der Waals surface area contributed by atoms with Gasteiger partial charge in [-0.2, -0.15) is 5.26 Å². The largest absolute Gasteiger partial charge is 0.458 e. The number of carbonyl (C=O) groups excluding carboxylic acids is 2. The first-order valence-corrected chi connectivity index (χ1v) is 10.7. The molecule has 0 bridgehead atoms. The zero-order chi connectivity index (χ0) is 22.9. The van der Waals surface area contributed by atoms with Gasteiger partial charge in [-0.3, -0.25) is 5.32 Å². The predicted molar refractivity (Wildman–Crippen MR) is 123 cm³/mol. The Kier molecular flexibility index (Phi) is 5.58. The molecule has 5 heteroatoms. The van der Waals surface area contributed by atoms with E-state index in [0.29, 0.717) is 0 Å². The van der Waals surface area contributed by atoms with Crippen LogP contribution < -0.4 is 5.32 Å². The summed E-state index contributed by atoms with van der Waals surface area (Å²) in [6, 6.07) is 24.8. The lowest BCUT2D eigenvalue weighted by Gasteiger charge is -2.31. The topological polar surface area (TPSA) is 79.2 Å². The van der Waals surface area contributed by atoms with Crippen LogP contribution in [0, 0.1) is 17.2 Å². The van der Waals surface area contributed by atoms with Gasteiger partial charge in [-0.05, 0) is 42.7 Å². The van der Waals surface area contributed by atoms with Gasteiger partial charge >= 0.3 is 5.97 Å². The Hall–Kier alpha value is -3.49. The molecular formula is C27H26N2O3. The van der Waals surface area contributed by atoms with E-state index in [1.165, 1.54) is 0 Å². The molecule has 1 aliphatic rings. The molecule has 0 radical (unpaired) electrons. The summed E-state index contributed by atoms with van der Waals surface area (Å²) in [5.74, 6) is -2.02. The van der Waals surface area contributed by atoms with Gasteiger partial charge in [0, 0.05) is 17.9 Å². The number of hydrogen-bond acceptors (Lipinski definition) is 5. The molecule has 1 saturated heterocycles. The summed E-state index contributed by atoms with van der Waals surface area (Å²) in [5.41, 5.74) is -0.893. The molecule has 1 N–H and O–H groups in total. The first-order chi connectivity index (χ1) is 15.3. The summed E-state index contributed by atoms with van der Waals surface area (Å²) in [5, 5.41) is 15.6. The van der Waals surface area contributed by atoms with Gasteiger partial charge in [-0.25, -0.2) is 4.79 Å². The third-order valence-corrected chi connectivity index (χ3v) is 5.97. The number of benzene rings is 3.